The van der Waals surface area contributed by atoms with Crippen LogP contribution in [0.3, 0.4) is 0 Å². The van der Waals surface area contributed by atoms with Gasteiger partial charge in [0.25, 0.3) is 5.79 Å². The molecule has 1 unspecified atom stereocenters. The highest BCUT2D eigenvalue weighted by Crippen LogP contribution is 2.60. The highest BCUT2D eigenvalue weighted by atomic mass is 31.1. The Morgan fingerprint density at radius 3 is 1.98 bits per heavy atom. The standard InChI is InChI=1S/C30H30N3O9P/c1-39-23-12-8-21(9-13-23)30(20-6-4-3-5-7-20,22-10-14-24(40-2)15-11-22)29(33-17-16-26(31)32-27(33)35)19-28(36,42-43(37)38)25(18-34)41-29/h3-17,25,34,36H,18-19H2,1-2H3,(H2-,31,32,35,37,38)/p+1/t25-,28-,29+/m1/s1. The van der Waals surface area contributed by atoms with Gasteiger partial charge in [0.2, 0.25) is 0 Å². The minimum absolute atomic E-state index is 0.0581. The zero-order valence-electron chi connectivity index (χ0n) is 23.4. The lowest BCUT2D eigenvalue weighted by atomic mass is 9.61. The fourth-order valence-corrected chi connectivity index (χ4v) is 6.47. The second-order valence-corrected chi connectivity index (χ2v) is 10.7. The van der Waals surface area contributed by atoms with Crippen LogP contribution in [0.4, 0.5) is 5.82 Å². The molecule has 224 valence electrons. The van der Waals surface area contributed by atoms with Crippen LogP contribution >= 0.6 is 8.25 Å². The number of ether oxygens (including phenoxy) is 3. The molecule has 4 atom stereocenters. The van der Waals surface area contributed by atoms with Crippen molar-refractivity contribution in [1.82, 2.24) is 9.55 Å². The second kappa shape index (κ2) is 11.8. The Morgan fingerprint density at radius 2 is 1.51 bits per heavy atom. The molecule has 0 amide bonds. The van der Waals surface area contributed by atoms with Crippen LogP contribution in [0.5, 0.6) is 11.5 Å². The average molecular weight is 609 g/mol. The number of rotatable bonds is 10. The van der Waals surface area contributed by atoms with Crippen molar-refractivity contribution in [3.8, 4) is 11.5 Å². The van der Waals surface area contributed by atoms with Gasteiger partial charge < -0.3 is 30.2 Å². The first-order chi connectivity index (χ1) is 20.6. The van der Waals surface area contributed by atoms with Crippen LogP contribution in [-0.2, 0) is 25.0 Å². The molecule has 0 saturated carbocycles. The van der Waals surface area contributed by atoms with Gasteiger partial charge in [0.05, 0.1) is 32.7 Å². The lowest BCUT2D eigenvalue weighted by Gasteiger charge is -2.50. The summed E-state index contributed by atoms with van der Waals surface area (Å²) in [6, 6.07) is 24.6. The minimum Gasteiger partial charge on any atom is -0.497 e. The summed E-state index contributed by atoms with van der Waals surface area (Å²) in [7, 11) is -0.312. The molecule has 1 aromatic heterocycles. The van der Waals surface area contributed by atoms with E-state index in [9.17, 15) is 24.5 Å². The molecule has 4 aromatic rings. The van der Waals surface area contributed by atoms with Crippen LogP contribution in [0.15, 0.2) is 95.9 Å². The summed E-state index contributed by atoms with van der Waals surface area (Å²) in [6.07, 6.45) is -0.817. The SMILES string of the molecule is COc1ccc(C(c2ccccc2)(c2ccc(OC)cc2)[C@]2(n3ccc(N)nc3=O)C[C@@](O)(O[P+](=O)O)[C@@H](CO)O2)cc1. The van der Waals surface area contributed by atoms with Gasteiger partial charge in [0, 0.05) is 10.8 Å². The van der Waals surface area contributed by atoms with E-state index in [4.69, 9.17) is 24.5 Å². The predicted molar refractivity (Wildman–Crippen MR) is 156 cm³/mol. The fraction of sp³-hybridized carbons (Fsp3) is 0.267. The third-order valence-electron chi connectivity index (χ3n) is 7.79. The van der Waals surface area contributed by atoms with E-state index in [1.54, 1.807) is 60.7 Å². The molecule has 5 rings (SSSR count). The summed E-state index contributed by atoms with van der Waals surface area (Å²) in [4.78, 5) is 27.5. The van der Waals surface area contributed by atoms with Gasteiger partial charge in [-0.1, -0.05) is 59.1 Å². The largest absolute Gasteiger partial charge is 0.697 e. The first kappa shape index (κ1) is 30.3. The van der Waals surface area contributed by atoms with Gasteiger partial charge in [-0.3, -0.25) is 4.57 Å². The third kappa shape index (κ3) is 5.08. The highest BCUT2D eigenvalue weighted by molar-refractivity contribution is 7.32. The topological polar surface area (TPSA) is 176 Å². The Bertz CT molecular complexity index is 1600. The molecular weight excluding hydrogens is 577 g/mol. The van der Waals surface area contributed by atoms with Gasteiger partial charge in [-0.15, -0.1) is 4.89 Å². The van der Waals surface area contributed by atoms with Crippen LogP contribution in [0.25, 0.3) is 0 Å². The summed E-state index contributed by atoms with van der Waals surface area (Å²) in [5, 5.41) is 22.2. The van der Waals surface area contributed by atoms with Crippen molar-refractivity contribution in [2.75, 3.05) is 26.6 Å². The molecule has 0 radical (unpaired) electrons. The molecule has 0 aliphatic carbocycles. The van der Waals surface area contributed by atoms with Gasteiger partial charge in [-0.25, -0.2) is 4.79 Å². The molecule has 43 heavy (non-hydrogen) atoms. The van der Waals surface area contributed by atoms with Gasteiger partial charge in [-0.2, -0.15) is 4.98 Å². The van der Waals surface area contributed by atoms with E-state index in [0.29, 0.717) is 28.2 Å². The van der Waals surface area contributed by atoms with E-state index in [2.05, 4.69) is 4.98 Å². The first-order valence-corrected chi connectivity index (χ1v) is 14.3. The first-order valence-electron chi connectivity index (χ1n) is 13.2. The number of hydrogen-bond donors (Lipinski definition) is 4. The van der Waals surface area contributed by atoms with Crippen molar-refractivity contribution in [3.05, 3.63) is 118 Å². The van der Waals surface area contributed by atoms with Crippen molar-refractivity contribution in [2.45, 2.75) is 29.5 Å². The predicted octanol–water partition coefficient (Wildman–Crippen LogP) is 2.67. The summed E-state index contributed by atoms with van der Waals surface area (Å²) < 4.78 is 35.8. The molecule has 3 aromatic carbocycles. The number of nitrogens with zero attached hydrogens (tertiary/aromatic N) is 2. The molecule has 1 aliphatic heterocycles. The van der Waals surface area contributed by atoms with Crippen molar-refractivity contribution in [2.24, 2.45) is 0 Å². The smallest absolute Gasteiger partial charge is 0.497 e. The number of aliphatic hydroxyl groups is 2. The van der Waals surface area contributed by atoms with E-state index in [1.807, 2.05) is 18.2 Å². The van der Waals surface area contributed by atoms with Gasteiger partial charge in [-0.05, 0) is 47.0 Å². The van der Waals surface area contributed by atoms with Crippen LogP contribution in [0, 0.1) is 0 Å². The van der Waals surface area contributed by atoms with E-state index in [0.717, 1.165) is 0 Å². The van der Waals surface area contributed by atoms with Crippen molar-refractivity contribution < 1.29 is 38.4 Å². The zero-order valence-corrected chi connectivity index (χ0v) is 24.3. The zero-order chi connectivity index (χ0) is 30.8. The summed E-state index contributed by atoms with van der Waals surface area (Å²) >= 11 is 0. The Morgan fingerprint density at radius 1 is 0.977 bits per heavy atom. The second-order valence-electron chi connectivity index (χ2n) is 10.0. The Hall–Kier alpha value is -4.16. The lowest BCUT2D eigenvalue weighted by molar-refractivity contribution is -0.194. The number of aliphatic hydroxyl groups excluding tert-OH is 1. The Kier molecular flexibility index (Phi) is 8.35. The van der Waals surface area contributed by atoms with Crippen LogP contribution < -0.4 is 20.9 Å². The maximum Gasteiger partial charge on any atom is 0.697 e. The third-order valence-corrected chi connectivity index (χ3v) is 8.26. The van der Waals surface area contributed by atoms with Gasteiger partial charge in [0.15, 0.2) is 5.72 Å². The number of nitrogens with two attached hydrogens (primary N) is 1. The molecule has 0 spiro atoms. The van der Waals surface area contributed by atoms with Crippen molar-refractivity contribution in [1.29, 1.82) is 0 Å². The van der Waals surface area contributed by atoms with Crippen molar-refractivity contribution >= 4 is 14.1 Å². The minimum atomic E-state index is -3.37. The molecule has 1 saturated heterocycles. The number of aromatic nitrogens is 2. The molecule has 13 heteroatoms. The molecule has 2 heterocycles. The molecule has 5 N–H and O–H groups in total. The van der Waals surface area contributed by atoms with Crippen LogP contribution in [0.1, 0.15) is 23.1 Å². The Labute approximate surface area is 247 Å². The van der Waals surface area contributed by atoms with Crippen molar-refractivity contribution in [3.63, 3.8) is 0 Å². The average Bonchev–Trinajstić information content (AvgIpc) is 3.30. The lowest BCUT2D eigenvalue weighted by Crippen LogP contribution is -2.58. The Balaban J connectivity index is 1.99. The number of benzene rings is 3. The molecule has 1 fully saturated rings. The molecule has 1 aliphatic rings. The molecule has 0 bridgehead atoms. The molecular formula is C30H31N3O9P+. The van der Waals surface area contributed by atoms with Gasteiger partial charge in [0.1, 0.15) is 23.4 Å². The monoisotopic (exact) mass is 608 g/mol. The molecule has 12 nitrogen and oxygen atoms in total. The summed E-state index contributed by atoms with van der Waals surface area (Å²) in [6.45, 7) is -0.825. The highest BCUT2D eigenvalue weighted by Gasteiger charge is 2.70. The maximum absolute atomic E-state index is 13.8. The van der Waals surface area contributed by atoms with E-state index in [-0.39, 0.29) is 5.82 Å². The quantitative estimate of drug-likeness (QED) is 0.118. The summed E-state index contributed by atoms with van der Waals surface area (Å²) in [5.74, 6) is -1.48. The normalized spacial score (nSPS) is 22.3. The number of hydrogen-bond acceptors (Lipinski definition) is 10. The number of anilines is 1. The fourth-order valence-electron chi connectivity index (χ4n) is 6.01. The van der Waals surface area contributed by atoms with E-state index < -0.39 is 50.0 Å². The van der Waals surface area contributed by atoms with Crippen LogP contribution in [-0.4, -0.2) is 57.4 Å². The summed E-state index contributed by atoms with van der Waals surface area (Å²) in [5.41, 5.74) is 3.25. The number of methoxy groups -OCH3 is 2. The van der Waals surface area contributed by atoms with Crippen LogP contribution in [0.2, 0.25) is 0 Å². The van der Waals surface area contributed by atoms with E-state index in [1.165, 1.54) is 31.0 Å². The maximum atomic E-state index is 13.8. The van der Waals surface area contributed by atoms with Gasteiger partial charge >= 0.3 is 13.9 Å². The number of nitrogen functional groups attached to an aromatic ring is 1. The van der Waals surface area contributed by atoms with E-state index >= 15 is 0 Å².